The number of nitrogens with zero attached hydrogens (tertiary/aromatic N) is 4. The summed E-state index contributed by atoms with van der Waals surface area (Å²) >= 11 is 6.36. The molecule has 4 rings (SSSR count). The summed E-state index contributed by atoms with van der Waals surface area (Å²) in [6.45, 7) is 0. The maximum absolute atomic E-state index is 13.0. The van der Waals surface area contributed by atoms with Gasteiger partial charge in [0, 0.05) is 18.2 Å². The predicted octanol–water partition coefficient (Wildman–Crippen LogP) is 5.61. The second-order valence-electron chi connectivity index (χ2n) is 7.13. The number of ether oxygens (including phenoxy) is 1. The minimum absolute atomic E-state index is 0.121. The average molecular weight is 524 g/mol. The van der Waals surface area contributed by atoms with E-state index >= 15 is 0 Å². The Balaban J connectivity index is 1.58. The van der Waals surface area contributed by atoms with Gasteiger partial charge in [0.1, 0.15) is 5.75 Å². The van der Waals surface area contributed by atoms with Crippen LogP contribution in [-0.4, -0.2) is 25.0 Å². The van der Waals surface area contributed by atoms with Gasteiger partial charge in [0.2, 0.25) is 5.75 Å². The maximum atomic E-state index is 13.0. The molecule has 0 radical (unpaired) electrons. The van der Waals surface area contributed by atoms with E-state index in [0.29, 0.717) is 11.3 Å². The third-order valence-corrected chi connectivity index (χ3v) is 6.15. The molecule has 0 atom stereocenters. The number of carbonyl (C=O) groups excluding carboxylic acids is 1. The summed E-state index contributed by atoms with van der Waals surface area (Å²) in [5.74, 6) is -0.407. The van der Waals surface area contributed by atoms with Gasteiger partial charge < -0.3 is 4.74 Å². The van der Waals surface area contributed by atoms with Gasteiger partial charge >= 0.3 is 5.69 Å². The molecule has 3 aromatic rings. The molecule has 1 saturated heterocycles. The molecular weight excluding hydrogens is 512 g/mol. The summed E-state index contributed by atoms with van der Waals surface area (Å²) in [5, 5.41) is 33.1. The molecule has 0 spiro atoms. The van der Waals surface area contributed by atoms with E-state index in [0.717, 1.165) is 30.0 Å². The number of non-ortho nitro benzene ring substituents is 2. The lowest BCUT2D eigenvalue weighted by atomic mass is 10.2. The van der Waals surface area contributed by atoms with Crippen LogP contribution in [0.3, 0.4) is 0 Å². The highest BCUT2D eigenvalue weighted by atomic mass is 32.2. The summed E-state index contributed by atoms with van der Waals surface area (Å²) in [5.41, 5.74) is -0.225. The number of hydrogen-bond acceptors (Lipinski definition) is 10. The number of anilines is 1. The zero-order valence-electron chi connectivity index (χ0n) is 17.8. The number of rotatable bonds is 7. The molecule has 3 aromatic carbocycles. The van der Waals surface area contributed by atoms with Crippen molar-refractivity contribution in [3.8, 4) is 11.5 Å². The lowest BCUT2D eigenvalue weighted by molar-refractivity contribution is -0.394. The molecule has 14 heteroatoms. The number of amides is 1. The highest BCUT2D eigenvalue weighted by Gasteiger charge is 2.33. The Kier molecular flexibility index (Phi) is 6.71. The van der Waals surface area contributed by atoms with Gasteiger partial charge in [-0.05, 0) is 42.0 Å². The van der Waals surface area contributed by atoms with Gasteiger partial charge in [-0.25, -0.2) is 0 Å². The minimum atomic E-state index is -0.782. The second-order valence-corrected chi connectivity index (χ2v) is 8.81. The van der Waals surface area contributed by atoms with Crippen LogP contribution in [0.15, 0.2) is 71.6 Å². The number of benzene rings is 3. The summed E-state index contributed by atoms with van der Waals surface area (Å²) in [6, 6.07) is 14.8. The molecule has 1 aliphatic rings. The molecule has 1 amide bonds. The van der Waals surface area contributed by atoms with Gasteiger partial charge in [0.05, 0.1) is 31.4 Å². The van der Waals surface area contributed by atoms with E-state index in [9.17, 15) is 35.1 Å². The first-order chi connectivity index (χ1) is 17.1. The van der Waals surface area contributed by atoms with E-state index in [1.807, 2.05) is 0 Å². The summed E-state index contributed by atoms with van der Waals surface area (Å²) in [7, 11) is 0. The molecule has 0 N–H and O–H groups in total. The number of hydrogen-bond donors (Lipinski definition) is 0. The van der Waals surface area contributed by atoms with Crippen molar-refractivity contribution < 1.29 is 24.3 Å². The van der Waals surface area contributed by atoms with Crippen molar-refractivity contribution >= 4 is 63.0 Å². The van der Waals surface area contributed by atoms with Crippen LogP contribution >= 0.6 is 24.0 Å². The molecule has 0 aromatic heterocycles. The summed E-state index contributed by atoms with van der Waals surface area (Å²) < 4.78 is 5.85. The maximum Gasteiger partial charge on any atom is 0.318 e. The normalized spacial score (nSPS) is 14.2. The first-order valence-corrected chi connectivity index (χ1v) is 11.1. The van der Waals surface area contributed by atoms with Crippen LogP contribution in [0.4, 0.5) is 22.7 Å². The lowest BCUT2D eigenvalue weighted by Gasteiger charge is -2.13. The molecule has 36 heavy (non-hydrogen) atoms. The number of nitro groups is 3. The molecule has 0 unspecified atom stereocenters. The number of thioether (sulfide) groups is 1. The number of carbonyl (C=O) groups is 1. The first-order valence-electron chi connectivity index (χ1n) is 9.87. The average Bonchev–Trinajstić information content (AvgIpc) is 3.11. The predicted molar refractivity (Wildman–Crippen MR) is 135 cm³/mol. The second kappa shape index (κ2) is 9.89. The Labute approximate surface area is 211 Å². The van der Waals surface area contributed by atoms with Crippen LogP contribution in [-0.2, 0) is 4.79 Å². The van der Waals surface area contributed by atoms with Crippen molar-refractivity contribution in [2.75, 3.05) is 4.90 Å². The molecule has 0 bridgehead atoms. The van der Waals surface area contributed by atoms with Crippen LogP contribution in [0.2, 0.25) is 0 Å². The highest BCUT2D eigenvalue weighted by molar-refractivity contribution is 8.27. The van der Waals surface area contributed by atoms with E-state index in [1.165, 1.54) is 41.3 Å². The Hall–Kier alpha value is -4.69. The molecule has 0 saturated carbocycles. The van der Waals surface area contributed by atoms with Crippen LogP contribution in [0.5, 0.6) is 11.5 Å². The van der Waals surface area contributed by atoms with Gasteiger partial charge in [-0.15, -0.1) is 0 Å². The third-order valence-electron chi connectivity index (χ3n) is 4.85. The zero-order valence-corrected chi connectivity index (χ0v) is 19.4. The SMILES string of the molecule is O=C1/C(=C/c2cccc(Oc3ccc([N+](=O)[O-])cc3[N+](=O)[O-])c2)SC(=S)N1c1ccc([N+](=O)[O-])cc1. The Morgan fingerprint density at radius 3 is 2.17 bits per heavy atom. The number of thiocarbonyl (C=S) groups is 1. The quantitative estimate of drug-likeness (QED) is 0.164. The Morgan fingerprint density at radius 2 is 1.53 bits per heavy atom. The third kappa shape index (κ3) is 5.03. The number of nitro benzene ring substituents is 3. The Bertz CT molecular complexity index is 1470. The Morgan fingerprint density at radius 1 is 0.861 bits per heavy atom. The van der Waals surface area contributed by atoms with Crippen LogP contribution < -0.4 is 9.64 Å². The fourth-order valence-electron chi connectivity index (χ4n) is 3.21. The molecule has 1 fully saturated rings. The largest absolute Gasteiger partial charge is 0.450 e. The molecule has 1 heterocycles. The van der Waals surface area contributed by atoms with Gasteiger partial charge in [-0.1, -0.05) is 36.1 Å². The van der Waals surface area contributed by atoms with Crippen molar-refractivity contribution in [2.24, 2.45) is 0 Å². The van der Waals surface area contributed by atoms with Gasteiger partial charge in [0.25, 0.3) is 17.3 Å². The fraction of sp³-hybridized carbons (Fsp3) is 0. The molecule has 1 aliphatic heterocycles. The summed E-state index contributed by atoms with van der Waals surface area (Å²) in [4.78, 5) is 45.6. The van der Waals surface area contributed by atoms with E-state index < -0.39 is 32.1 Å². The van der Waals surface area contributed by atoms with E-state index in [4.69, 9.17) is 17.0 Å². The van der Waals surface area contributed by atoms with Crippen LogP contribution in [0.25, 0.3) is 6.08 Å². The van der Waals surface area contributed by atoms with Crippen molar-refractivity contribution in [3.63, 3.8) is 0 Å². The van der Waals surface area contributed by atoms with E-state index in [-0.39, 0.29) is 26.4 Å². The topological polar surface area (TPSA) is 159 Å². The highest BCUT2D eigenvalue weighted by Crippen LogP contribution is 2.38. The van der Waals surface area contributed by atoms with E-state index in [2.05, 4.69) is 0 Å². The molecule has 0 aliphatic carbocycles. The van der Waals surface area contributed by atoms with E-state index in [1.54, 1.807) is 18.2 Å². The first kappa shape index (κ1) is 24.4. The smallest absolute Gasteiger partial charge is 0.318 e. The minimum Gasteiger partial charge on any atom is -0.450 e. The van der Waals surface area contributed by atoms with Crippen LogP contribution in [0.1, 0.15) is 5.56 Å². The van der Waals surface area contributed by atoms with Crippen molar-refractivity contribution in [3.05, 3.63) is 108 Å². The molecular formula is C22H12N4O8S2. The molecule has 12 nitrogen and oxygen atoms in total. The fourth-order valence-corrected chi connectivity index (χ4v) is 4.51. The lowest BCUT2D eigenvalue weighted by Crippen LogP contribution is -2.27. The van der Waals surface area contributed by atoms with Gasteiger partial charge in [-0.2, -0.15) is 0 Å². The standard InChI is InChI=1S/C22H12N4O8S2/c27-21-20(36-22(35)23(21)14-4-6-15(7-5-14)24(28)29)11-13-2-1-3-17(10-13)34-19-9-8-16(25(30)31)12-18(19)26(32)33/h1-12H/b20-11-. The van der Waals surface area contributed by atoms with Crippen molar-refractivity contribution in [1.29, 1.82) is 0 Å². The molecule has 180 valence electrons. The van der Waals surface area contributed by atoms with Gasteiger partial charge in [0.15, 0.2) is 4.32 Å². The van der Waals surface area contributed by atoms with Gasteiger partial charge in [-0.3, -0.25) is 40.0 Å². The monoisotopic (exact) mass is 524 g/mol. The van der Waals surface area contributed by atoms with Crippen LogP contribution in [0, 0.1) is 30.3 Å². The van der Waals surface area contributed by atoms with Crippen molar-refractivity contribution in [1.82, 2.24) is 0 Å². The zero-order chi connectivity index (χ0) is 26.0. The van der Waals surface area contributed by atoms with Crippen molar-refractivity contribution in [2.45, 2.75) is 0 Å². The summed E-state index contributed by atoms with van der Waals surface area (Å²) in [6.07, 6.45) is 1.56.